The first-order valence-corrected chi connectivity index (χ1v) is 5.71. The Morgan fingerprint density at radius 2 is 1.94 bits per heavy atom. The zero-order chi connectivity index (χ0) is 11.5. The van der Waals surface area contributed by atoms with Crippen molar-refractivity contribution < 1.29 is 13.5 Å². The molecule has 1 atom stereocenters. The number of hydrogen-bond acceptors (Lipinski definition) is 1. The Labute approximate surface area is 94.4 Å². The molecule has 1 aliphatic heterocycles. The maximum atomic E-state index is 13.6. The Morgan fingerprint density at radius 3 is 2.56 bits per heavy atom. The highest BCUT2D eigenvalue weighted by atomic mass is 19.1. The van der Waals surface area contributed by atoms with E-state index in [1.165, 1.54) is 6.07 Å². The van der Waals surface area contributed by atoms with Crippen molar-refractivity contribution in [2.75, 3.05) is 13.2 Å². The fraction of sp³-hybridized carbons (Fsp3) is 0.538. The van der Waals surface area contributed by atoms with Crippen molar-refractivity contribution in [3.8, 4) is 0 Å². The molecule has 2 rings (SSSR count). The average Bonchev–Trinajstić information content (AvgIpc) is 2.29. The molecule has 1 aliphatic rings. The molecule has 0 radical (unpaired) electrons. The van der Waals surface area contributed by atoms with Crippen molar-refractivity contribution in [1.82, 2.24) is 0 Å². The molecule has 1 fully saturated rings. The maximum Gasteiger partial charge on any atom is 0.129 e. The molecule has 88 valence electrons. The molecule has 16 heavy (non-hydrogen) atoms. The molecule has 1 aromatic rings. The highest BCUT2D eigenvalue weighted by Gasteiger charge is 2.23. The van der Waals surface area contributed by atoms with Crippen LogP contribution in [-0.2, 0) is 4.74 Å². The van der Waals surface area contributed by atoms with E-state index in [4.69, 9.17) is 4.74 Å². The van der Waals surface area contributed by atoms with Gasteiger partial charge in [0, 0.05) is 19.3 Å². The van der Waals surface area contributed by atoms with E-state index in [0.29, 0.717) is 11.5 Å². The highest BCUT2D eigenvalue weighted by molar-refractivity contribution is 5.22. The van der Waals surface area contributed by atoms with Crippen LogP contribution >= 0.6 is 0 Å². The molecule has 0 aliphatic carbocycles. The van der Waals surface area contributed by atoms with Gasteiger partial charge in [-0.15, -0.1) is 0 Å². The van der Waals surface area contributed by atoms with Gasteiger partial charge in [-0.3, -0.25) is 0 Å². The quantitative estimate of drug-likeness (QED) is 0.750. The minimum absolute atomic E-state index is 0.129. The summed E-state index contributed by atoms with van der Waals surface area (Å²) >= 11 is 0. The van der Waals surface area contributed by atoms with Gasteiger partial charge in [0.2, 0.25) is 0 Å². The zero-order valence-electron chi connectivity index (χ0n) is 9.38. The van der Waals surface area contributed by atoms with Gasteiger partial charge in [-0.1, -0.05) is 13.0 Å². The van der Waals surface area contributed by atoms with Crippen LogP contribution in [0.3, 0.4) is 0 Å². The van der Waals surface area contributed by atoms with Crippen LogP contribution in [0.15, 0.2) is 18.2 Å². The van der Waals surface area contributed by atoms with Gasteiger partial charge >= 0.3 is 0 Å². The first-order valence-electron chi connectivity index (χ1n) is 5.71. The molecule has 0 aromatic heterocycles. The second kappa shape index (κ2) is 4.91. The topological polar surface area (TPSA) is 9.23 Å². The lowest BCUT2D eigenvalue weighted by atomic mass is 9.82. The number of benzene rings is 1. The lowest BCUT2D eigenvalue weighted by molar-refractivity contribution is 0.0592. The molecule has 0 bridgehead atoms. The number of hydrogen-bond donors (Lipinski definition) is 0. The van der Waals surface area contributed by atoms with Crippen molar-refractivity contribution >= 4 is 0 Å². The molecule has 0 spiro atoms. The van der Waals surface area contributed by atoms with Gasteiger partial charge in [0.05, 0.1) is 0 Å². The van der Waals surface area contributed by atoms with Gasteiger partial charge in [0.1, 0.15) is 11.6 Å². The van der Waals surface area contributed by atoms with Crippen LogP contribution in [0.2, 0.25) is 0 Å². The van der Waals surface area contributed by atoms with E-state index < -0.39 is 11.6 Å². The van der Waals surface area contributed by atoms with Gasteiger partial charge in [0.15, 0.2) is 0 Å². The number of rotatable bonds is 2. The highest BCUT2D eigenvalue weighted by Crippen LogP contribution is 2.32. The van der Waals surface area contributed by atoms with Gasteiger partial charge in [0.25, 0.3) is 0 Å². The summed E-state index contributed by atoms with van der Waals surface area (Å²) in [6.07, 6.45) is 1.91. The third-order valence-electron chi connectivity index (χ3n) is 3.43. The van der Waals surface area contributed by atoms with Gasteiger partial charge in [-0.05, 0) is 36.3 Å². The third kappa shape index (κ3) is 2.40. The second-order valence-corrected chi connectivity index (χ2v) is 4.40. The first kappa shape index (κ1) is 11.5. The van der Waals surface area contributed by atoms with Crippen LogP contribution in [0.1, 0.15) is 31.2 Å². The Balaban J connectivity index is 2.15. The van der Waals surface area contributed by atoms with E-state index in [9.17, 15) is 8.78 Å². The normalized spacial score (nSPS) is 19.7. The molecule has 1 unspecified atom stereocenters. The SMILES string of the molecule is CC(c1ccc(F)cc1F)C1CCOCC1. The molecule has 3 heteroatoms. The van der Waals surface area contributed by atoms with Crippen LogP contribution < -0.4 is 0 Å². The largest absolute Gasteiger partial charge is 0.381 e. The van der Waals surface area contributed by atoms with Gasteiger partial charge in [-0.25, -0.2) is 8.78 Å². The summed E-state index contributed by atoms with van der Waals surface area (Å²) < 4.78 is 31.7. The van der Waals surface area contributed by atoms with Crippen molar-refractivity contribution in [2.24, 2.45) is 5.92 Å². The molecule has 1 heterocycles. The van der Waals surface area contributed by atoms with Crippen molar-refractivity contribution in [2.45, 2.75) is 25.7 Å². The van der Waals surface area contributed by atoms with E-state index >= 15 is 0 Å². The van der Waals surface area contributed by atoms with Crippen LogP contribution in [0.25, 0.3) is 0 Å². The standard InChI is InChI=1S/C13H16F2O/c1-9(10-4-6-16-7-5-10)12-3-2-11(14)8-13(12)15/h2-3,8-10H,4-7H2,1H3. The number of ether oxygens (including phenoxy) is 1. The summed E-state index contributed by atoms with van der Waals surface area (Å²) in [5.41, 5.74) is 0.619. The predicted molar refractivity (Wildman–Crippen MR) is 58.3 cm³/mol. The number of halogens is 2. The summed E-state index contributed by atoms with van der Waals surface area (Å²) in [7, 11) is 0. The Hall–Kier alpha value is -0.960. The van der Waals surface area contributed by atoms with Crippen LogP contribution in [0.5, 0.6) is 0 Å². The molecule has 0 N–H and O–H groups in total. The van der Waals surface area contributed by atoms with E-state index in [2.05, 4.69) is 0 Å². The zero-order valence-corrected chi connectivity index (χ0v) is 9.38. The second-order valence-electron chi connectivity index (χ2n) is 4.40. The average molecular weight is 226 g/mol. The summed E-state index contributed by atoms with van der Waals surface area (Å²) in [6.45, 7) is 3.50. The summed E-state index contributed by atoms with van der Waals surface area (Å²) in [5.74, 6) is -0.377. The van der Waals surface area contributed by atoms with Gasteiger partial charge < -0.3 is 4.74 Å². The van der Waals surface area contributed by atoms with E-state index in [-0.39, 0.29) is 5.92 Å². The molecule has 0 amide bonds. The van der Waals surface area contributed by atoms with Crippen LogP contribution in [0.4, 0.5) is 8.78 Å². The molecular formula is C13H16F2O. The molecule has 0 saturated carbocycles. The van der Waals surface area contributed by atoms with E-state index in [1.807, 2.05) is 6.92 Å². The van der Waals surface area contributed by atoms with Crippen molar-refractivity contribution in [1.29, 1.82) is 0 Å². The van der Waals surface area contributed by atoms with Gasteiger partial charge in [-0.2, -0.15) is 0 Å². The summed E-state index contributed by atoms with van der Waals surface area (Å²) in [4.78, 5) is 0. The Bertz CT molecular complexity index is 359. The minimum Gasteiger partial charge on any atom is -0.381 e. The Kier molecular flexibility index (Phi) is 3.54. The molecule has 1 saturated heterocycles. The summed E-state index contributed by atoms with van der Waals surface area (Å²) in [5, 5.41) is 0. The molecular weight excluding hydrogens is 210 g/mol. The lowest BCUT2D eigenvalue weighted by Gasteiger charge is -2.28. The third-order valence-corrected chi connectivity index (χ3v) is 3.43. The smallest absolute Gasteiger partial charge is 0.129 e. The molecule has 1 aromatic carbocycles. The van der Waals surface area contributed by atoms with Crippen molar-refractivity contribution in [3.63, 3.8) is 0 Å². The minimum atomic E-state index is -0.513. The fourth-order valence-corrected chi connectivity index (χ4v) is 2.34. The fourth-order valence-electron chi connectivity index (χ4n) is 2.34. The van der Waals surface area contributed by atoms with E-state index in [1.54, 1.807) is 6.07 Å². The predicted octanol–water partition coefficient (Wildman–Crippen LogP) is 3.49. The van der Waals surface area contributed by atoms with Crippen molar-refractivity contribution in [3.05, 3.63) is 35.4 Å². The first-order chi connectivity index (χ1) is 7.68. The van der Waals surface area contributed by atoms with Crippen LogP contribution in [0, 0.1) is 17.6 Å². The van der Waals surface area contributed by atoms with E-state index in [0.717, 1.165) is 32.1 Å². The monoisotopic (exact) mass is 226 g/mol. The van der Waals surface area contributed by atoms with Crippen LogP contribution in [-0.4, -0.2) is 13.2 Å². The maximum absolute atomic E-state index is 13.6. The summed E-state index contributed by atoms with van der Waals surface area (Å²) in [6, 6.07) is 3.85. The lowest BCUT2D eigenvalue weighted by Crippen LogP contribution is -2.21. The Morgan fingerprint density at radius 1 is 1.25 bits per heavy atom. The molecule has 1 nitrogen and oxygen atoms in total.